The SMILES string of the molecule is C[C@@]1(N2CCN(c3cc4c(cnn4-c4cnn(C5CC5)c4)cc3Cl)CC2)COC[C@H]1O. The number of aliphatic hydroxyl groups excluding tert-OH is 1. The summed E-state index contributed by atoms with van der Waals surface area (Å²) in [5.74, 6) is 0. The average Bonchev–Trinajstić information content (AvgIpc) is 3.20. The van der Waals surface area contributed by atoms with Crippen LogP contribution in [0, 0.1) is 0 Å². The Balaban J connectivity index is 1.26. The van der Waals surface area contributed by atoms with Crippen molar-refractivity contribution in [1.82, 2.24) is 24.5 Å². The lowest BCUT2D eigenvalue weighted by molar-refractivity contribution is 0.00884. The van der Waals surface area contributed by atoms with Gasteiger partial charge in [0.25, 0.3) is 0 Å². The number of anilines is 1. The molecule has 2 aromatic heterocycles. The van der Waals surface area contributed by atoms with Crippen molar-refractivity contribution in [3.63, 3.8) is 0 Å². The van der Waals surface area contributed by atoms with Crippen LogP contribution in [-0.2, 0) is 4.74 Å². The Morgan fingerprint density at radius 1 is 1.13 bits per heavy atom. The van der Waals surface area contributed by atoms with Crippen molar-refractivity contribution < 1.29 is 9.84 Å². The van der Waals surface area contributed by atoms with Crippen LogP contribution in [0.3, 0.4) is 0 Å². The number of hydrogen-bond donors (Lipinski definition) is 1. The number of benzene rings is 1. The quantitative estimate of drug-likeness (QED) is 0.669. The number of hydrogen-bond acceptors (Lipinski definition) is 6. The van der Waals surface area contributed by atoms with Crippen molar-refractivity contribution in [3.05, 3.63) is 35.7 Å². The first-order valence-electron chi connectivity index (χ1n) is 11.0. The van der Waals surface area contributed by atoms with E-state index in [9.17, 15) is 5.11 Å². The van der Waals surface area contributed by atoms with Crippen molar-refractivity contribution in [3.8, 4) is 5.69 Å². The van der Waals surface area contributed by atoms with Gasteiger partial charge >= 0.3 is 0 Å². The maximum Gasteiger partial charge on any atom is 0.103 e. The highest BCUT2D eigenvalue weighted by Gasteiger charge is 2.44. The number of aliphatic hydroxyl groups is 1. The third kappa shape index (κ3) is 3.24. The molecule has 1 aliphatic carbocycles. The van der Waals surface area contributed by atoms with Gasteiger partial charge in [-0.15, -0.1) is 0 Å². The summed E-state index contributed by atoms with van der Waals surface area (Å²) in [6.45, 7) is 6.51. The third-order valence-electron chi connectivity index (χ3n) is 7.12. The first-order chi connectivity index (χ1) is 15.0. The zero-order valence-electron chi connectivity index (χ0n) is 17.6. The van der Waals surface area contributed by atoms with Crippen LogP contribution in [0.4, 0.5) is 5.69 Å². The minimum Gasteiger partial charge on any atom is -0.389 e. The summed E-state index contributed by atoms with van der Waals surface area (Å²) in [5.41, 5.74) is 2.73. The normalized spacial score (nSPS) is 27.5. The Bertz CT molecular complexity index is 1120. The van der Waals surface area contributed by atoms with E-state index in [1.165, 1.54) is 12.8 Å². The van der Waals surface area contributed by atoms with Gasteiger partial charge in [0.2, 0.25) is 0 Å². The highest BCUT2D eigenvalue weighted by molar-refractivity contribution is 6.34. The Labute approximate surface area is 185 Å². The van der Waals surface area contributed by atoms with Gasteiger partial charge < -0.3 is 14.7 Å². The molecule has 6 rings (SSSR count). The molecule has 0 unspecified atom stereocenters. The summed E-state index contributed by atoms with van der Waals surface area (Å²) in [6.07, 6.45) is 7.79. The summed E-state index contributed by atoms with van der Waals surface area (Å²) < 4.78 is 9.52. The Morgan fingerprint density at radius 2 is 1.94 bits per heavy atom. The van der Waals surface area contributed by atoms with Gasteiger partial charge in [-0.05, 0) is 31.9 Å². The number of piperazine rings is 1. The molecule has 1 N–H and O–H groups in total. The van der Waals surface area contributed by atoms with E-state index in [0.29, 0.717) is 19.3 Å². The van der Waals surface area contributed by atoms with Crippen LogP contribution in [0.1, 0.15) is 25.8 Å². The molecular weight excluding hydrogens is 416 g/mol. The van der Waals surface area contributed by atoms with Gasteiger partial charge in [-0.2, -0.15) is 10.2 Å². The second-order valence-electron chi connectivity index (χ2n) is 9.19. The van der Waals surface area contributed by atoms with Gasteiger partial charge in [-0.1, -0.05) is 11.6 Å². The van der Waals surface area contributed by atoms with Crippen molar-refractivity contribution in [1.29, 1.82) is 0 Å². The zero-order chi connectivity index (χ0) is 21.2. The second kappa shape index (κ2) is 7.20. The fraction of sp³-hybridized carbons (Fsp3) is 0.545. The largest absolute Gasteiger partial charge is 0.389 e. The van der Waals surface area contributed by atoms with Gasteiger partial charge in [0, 0.05) is 31.6 Å². The van der Waals surface area contributed by atoms with Gasteiger partial charge in [-0.25, -0.2) is 4.68 Å². The van der Waals surface area contributed by atoms with E-state index < -0.39 is 6.10 Å². The van der Waals surface area contributed by atoms with E-state index in [1.807, 2.05) is 27.8 Å². The van der Waals surface area contributed by atoms with Crippen LogP contribution in [0.2, 0.25) is 5.02 Å². The maximum atomic E-state index is 10.4. The Hall–Kier alpha value is -2.13. The highest BCUT2D eigenvalue weighted by Crippen LogP contribution is 2.36. The first-order valence-corrected chi connectivity index (χ1v) is 11.4. The number of rotatable bonds is 4. The average molecular weight is 443 g/mol. The van der Waals surface area contributed by atoms with Crippen molar-refractivity contribution >= 4 is 28.2 Å². The molecule has 1 saturated carbocycles. The molecule has 3 fully saturated rings. The number of fused-ring (bicyclic) bond motifs is 1. The fourth-order valence-electron chi connectivity index (χ4n) is 4.87. The molecule has 31 heavy (non-hydrogen) atoms. The van der Waals surface area contributed by atoms with Crippen molar-refractivity contribution in [2.45, 2.75) is 37.5 Å². The molecule has 1 aromatic carbocycles. The van der Waals surface area contributed by atoms with E-state index in [2.05, 4.69) is 39.2 Å². The molecule has 2 atom stereocenters. The Morgan fingerprint density at radius 3 is 2.65 bits per heavy atom. The number of ether oxygens (including phenoxy) is 1. The van der Waals surface area contributed by atoms with E-state index in [1.54, 1.807) is 0 Å². The first kappa shape index (κ1) is 19.5. The Kier molecular flexibility index (Phi) is 4.54. The molecule has 0 bridgehead atoms. The molecule has 9 heteroatoms. The van der Waals surface area contributed by atoms with E-state index in [0.717, 1.165) is 53.5 Å². The van der Waals surface area contributed by atoms with Crippen molar-refractivity contribution in [2.75, 3.05) is 44.3 Å². The molecule has 3 aromatic rings. The van der Waals surface area contributed by atoms with Crippen LogP contribution in [0.15, 0.2) is 30.7 Å². The van der Waals surface area contributed by atoms with E-state index in [4.69, 9.17) is 16.3 Å². The predicted octanol–water partition coefficient (Wildman–Crippen LogP) is 2.48. The summed E-state index contributed by atoms with van der Waals surface area (Å²) in [7, 11) is 0. The number of nitrogens with zero attached hydrogens (tertiary/aromatic N) is 6. The predicted molar refractivity (Wildman–Crippen MR) is 119 cm³/mol. The lowest BCUT2D eigenvalue weighted by Crippen LogP contribution is -2.60. The molecule has 164 valence electrons. The molecule has 0 amide bonds. The molecule has 8 nitrogen and oxygen atoms in total. The molecule has 2 saturated heterocycles. The molecule has 2 aliphatic heterocycles. The second-order valence-corrected chi connectivity index (χ2v) is 9.60. The monoisotopic (exact) mass is 442 g/mol. The van der Waals surface area contributed by atoms with Crippen LogP contribution < -0.4 is 4.90 Å². The van der Waals surface area contributed by atoms with Gasteiger partial charge in [0.1, 0.15) is 5.69 Å². The van der Waals surface area contributed by atoms with Gasteiger partial charge in [0.15, 0.2) is 0 Å². The van der Waals surface area contributed by atoms with Gasteiger partial charge in [-0.3, -0.25) is 9.58 Å². The molecule has 0 spiro atoms. The molecular formula is C22H27ClN6O2. The van der Waals surface area contributed by atoms with Crippen LogP contribution in [-0.4, -0.2) is 80.6 Å². The minimum absolute atomic E-state index is 0.305. The van der Waals surface area contributed by atoms with Crippen LogP contribution in [0.5, 0.6) is 0 Å². The summed E-state index contributed by atoms with van der Waals surface area (Å²) >= 11 is 6.69. The van der Waals surface area contributed by atoms with Gasteiger partial charge in [0.05, 0.1) is 65.7 Å². The third-order valence-corrected chi connectivity index (χ3v) is 7.42. The van der Waals surface area contributed by atoms with Crippen LogP contribution >= 0.6 is 11.6 Å². The molecule has 4 heterocycles. The smallest absolute Gasteiger partial charge is 0.103 e. The fourth-order valence-corrected chi connectivity index (χ4v) is 5.16. The number of aromatic nitrogens is 4. The summed E-state index contributed by atoms with van der Waals surface area (Å²) in [6, 6.07) is 4.69. The highest BCUT2D eigenvalue weighted by atomic mass is 35.5. The summed E-state index contributed by atoms with van der Waals surface area (Å²) in [5, 5.41) is 21.3. The molecule has 0 radical (unpaired) electrons. The van der Waals surface area contributed by atoms with Crippen LogP contribution in [0.25, 0.3) is 16.6 Å². The standard InChI is InChI=1S/C22H27ClN6O2/c1-22(14-31-13-21(22)30)27-6-4-26(5-7-27)20-9-19-15(8-18(20)23)10-25-29(19)17-11-24-28(12-17)16-2-3-16/h8-12,16,21,30H,2-7,13-14H2,1H3/t21-,22-/m1/s1. The topological polar surface area (TPSA) is 71.6 Å². The minimum atomic E-state index is -0.440. The van der Waals surface area contributed by atoms with E-state index >= 15 is 0 Å². The summed E-state index contributed by atoms with van der Waals surface area (Å²) in [4.78, 5) is 4.68. The van der Waals surface area contributed by atoms with E-state index in [-0.39, 0.29) is 5.54 Å². The maximum absolute atomic E-state index is 10.4. The zero-order valence-corrected chi connectivity index (χ0v) is 18.4. The number of halogens is 1. The lowest BCUT2D eigenvalue weighted by atomic mass is 9.95. The molecule has 3 aliphatic rings. The lowest BCUT2D eigenvalue weighted by Gasteiger charge is -2.45. The van der Waals surface area contributed by atoms with Crippen molar-refractivity contribution in [2.24, 2.45) is 0 Å².